The molecule has 0 aliphatic heterocycles. The lowest BCUT2D eigenvalue weighted by molar-refractivity contribution is -0.153. The third kappa shape index (κ3) is 4.61. The number of hydrogen-bond acceptors (Lipinski definition) is 10. The van der Waals surface area contributed by atoms with Gasteiger partial charge in [0.15, 0.2) is 11.4 Å². The van der Waals surface area contributed by atoms with Gasteiger partial charge in [-0.2, -0.15) is 0 Å². The Balaban J connectivity index is 1.74. The van der Waals surface area contributed by atoms with Crippen LogP contribution in [-0.4, -0.2) is 93.5 Å². The van der Waals surface area contributed by atoms with Crippen LogP contribution in [0.15, 0.2) is 41.3 Å². The number of ketones is 2. The van der Waals surface area contributed by atoms with E-state index in [1.807, 2.05) is 0 Å². The number of alkyl halides is 2. The molecular weight excluding hydrogens is 580 g/mol. The Labute approximate surface area is 251 Å². The maximum Gasteiger partial charge on any atom is 0.255 e. The smallest absolute Gasteiger partial charge is 0.255 e. The molecule has 0 bridgehead atoms. The number of primary amides is 1. The minimum Gasteiger partial charge on any atom is -0.508 e. The summed E-state index contributed by atoms with van der Waals surface area (Å²) in [5.41, 5.74) is 2.89. The number of nitrogens with two attached hydrogens (primary N) is 1. The molecule has 6 N–H and O–H groups in total. The number of nitrogens with zero attached hydrogens (tertiary/aromatic N) is 2. The molecule has 0 saturated heterocycles. The highest BCUT2D eigenvalue weighted by Gasteiger charge is 2.64. The van der Waals surface area contributed by atoms with Crippen LogP contribution in [0.25, 0.3) is 16.9 Å². The van der Waals surface area contributed by atoms with Gasteiger partial charge in [-0.3, -0.25) is 19.3 Å². The minimum absolute atomic E-state index is 0.0555. The summed E-state index contributed by atoms with van der Waals surface area (Å²) < 4.78 is 31.9. The summed E-state index contributed by atoms with van der Waals surface area (Å²) in [6, 6.07) is 3.68. The van der Waals surface area contributed by atoms with Crippen molar-refractivity contribution >= 4 is 23.2 Å². The van der Waals surface area contributed by atoms with E-state index in [-0.39, 0.29) is 42.4 Å². The van der Waals surface area contributed by atoms with E-state index in [2.05, 4.69) is 4.98 Å². The zero-order chi connectivity index (χ0) is 32.2. The average molecular weight is 614 g/mol. The predicted molar refractivity (Wildman–Crippen MR) is 153 cm³/mol. The molecule has 0 radical (unpaired) electrons. The first-order valence-electron chi connectivity index (χ1n) is 14.0. The van der Waals surface area contributed by atoms with Gasteiger partial charge in [0, 0.05) is 29.3 Å². The molecule has 5 atom stereocenters. The number of likely N-dealkylation sites (N-methyl/N-ethyl adjacent to an activating group) is 1. The first-order valence-corrected chi connectivity index (χ1v) is 14.0. The molecule has 1 aromatic carbocycles. The number of aliphatic hydroxyl groups excluding tert-OH is 2. The second-order valence-electron chi connectivity index (χ2n) is 11.6. The fourth-order valence-corrected chi connectivity index (χ4v) is 6.87. The number of benzene rings is 1. The monoisotopic (exact) mass is 613 g/mol. The Morgan fingerprint density at radius 1 is 1.25 bits per heavy atom. The molecule has 3 aliphatic rings. The predicted octanol–water partition coefficient (Wildman–Crippen LogP) is 2.27. The van der Waals surface area contributed by atoms with Crippen molar-refractivity contribution in [1.29, 1.82) is 0 Å². The summed E-state index contributed by atoms with van der Waals surface area (Å²) in [5, 5.41) is 45.8. The number of halogens is 2. The number of Topliss-reactive ketones (excluding diaryl/α,β-unsaturated/α-hetero) is 2. The number of rotatable bonds is 8. The first kappa shape index (κ1) is 31.1. The maximum atomic E-state index is 14.1. The number of aromatic hydroxyl groups is 1. The van der Waals surface area contributed by atoms with Crippen molar-refractivity contribution in [3.8, 4) is 22.8 Å². The molecule has 5 rings (SSSR count). The third-order valence-electron chi connectivity index (χ3n) is 8.95. The van der Waals surface area contributed by atoms with Crippen molar-refractivity contribution < 1.29 is 48.3 Å². The second kappa shape index (κ2) is 11.3. The van der Waals surface area contributed by atoms with Crippen LogP contribution in [-0.2, 0) is 27.2 Å². The molecule has 1 aromatic heterocycles. The van der Waals surface area contributed by atoms with Gasteiger partial charge in [0.25, 0.3) is 5.91 Å². The molecule has 1 fully saturated rings. The Bertz CT molecular complexity index is 1620. The largest absolute Gasteiger partial charge is 0.508 e. The van der Waals surface area contributed by atoms with Gasteiger partial charge in [0.05, 0.1) is 18.7 Å². The normalized spacial score (nSPS) is 25.5. The number of amides is 1. The molecule has 1 amide bonds. The molecule has 5 unspecified atom stereocenters. The highest BCUT2D eigenvalue weighted by Crippen LogP contribution is 2.54. The third-order valence-corrected chi connectivity index (χ3v) is 8.95. The Kier molecular flexibility index (Phi) is 7.97. The van der Waals surface area contributed by atoms with Crippen molar-refractivity contribution in [2.45, 2.75) is 43.5 Å². The summed E-state index contributed by atoms with van der Waals surface area (Å²) in [6.45, 7) is -1.22. The lowest BCUT2D eigenvalue weighted by atomic mass is 9.57. The van der Waals surface area contributed by atoms with E-state index in [1.54, 1.807) is 18.2 Å². The number of phenols is 1. The quantitative estimate of drug-likeness (QED) is 0.277. The van der Waals surface area contributed by atoms with Crippen LogP contribution in [0.3, 0.4) is 0 Å². The maximum absolute atomic E-state index is 14.1. The van der Waals surface area contributed by atoms with Crippen molar-refractivity contribution in [2.75, 3.05) is 27.9 Å². The molecule has 13 heteroatoms. The van der Waals surface area contributed by atoms with Gasteiger partial charge >= 0.3 is 0 Å². The second-order valence-corrected chi connectivity index (χ2v) is 11.6. The van der Waals surface area contributed by atoms with Gasteiger partial charge in [0.1, 0.15) is 35.7 Å². The van der Waals surface area contributed by atoms with Crippen LogP contribution < -0.4 is 10.5 Å². The number of aryl methyl sites for hydroxylation is 1. The van der Waals surface area contributed by atoms with Gasteiger partial charge in [-0.15, -0.1) is 0 Å². The Morgan fingerprint density at radius 3 is 2.52 bits per heavy atom. The molecule has 11 nitrogen and oxygen atoms in total. The summed E-state index contributed by atoms with van der Waals surface area (Å²) in [7, 11) is 4.49. The van der Waals surface area contributed by atoms with Gasteiger partial charge in [0.2, 0.25) is 11.7 Å². The van der Waals surface area contributed by atoms with E-state index in [1.165, 1.54) is 32.3 Å². The Hall–Kier alpha value is -4.36. The summed E-state index contributed by atoms with van der Waals surface area (Å²) >= 11 is 0. The minimum atomic E-state index is -2.77. The van der Waals surface area contributed by atoms with E-state index in [4.69, 9.17) is 10.5 Å². The summed E-state index contributed by atoms with van der Waals surface area (Å²) in [6.07, 6.45) is -0.671. The zero-order valence-corrected chi connectivity index (χ0v) is 24.3. The number of carbonyl (C=O) groups excluding carboxylic acids is 3. The number of carbonyl (C=O) groups is 3. The van der Waals surface area contributed by atoms with Crippen LogP contribution in [0.2, 0.25) is 0 Å². The first-order chi connectivity index (χ1) is 20.8. The van der Waals surface area contributed by atoms with Crippen LogP contribution in [0, 0.1) is 11.8 Å². The number of pyridine rings is 1. The van der Waals surface area contributed by atoms with Crippen molar-refractivity contribution in [3.05, 3.63) is 58.0 Å². The number of methoxy groups -OCH3 is 1. The van der Waals surface area contributed by atoms with Gasteiger partial charge in [-0.05, 0) is 74.5 Å². The van der Waals surface area contributed by atoms with Crippen molar-refractivity contribution in [3.63, 3.8) is 0 Å². The lowest BCUT2D eigenvalue weighted by Gasteiger charge is -2.50. The lowest BCUT2D eigenvalue weighted by Crippen LogP contribution is -2.65. The van der Waals surface area contributed by atoms with Crippen LogP contribution in [0.4, 0.5) is 8.78 Å². The molecule has 3 aliphatic carbocycles. The number of ether oxygens (including phenoxy) is 1. The molecule has 1 saturated carbocycles. The van der Waals surface area contributed by atoms with E-state index in [9.17, 15) is 43.6 Å². The van der Waals surface area contributed by atoms with E-state index < -0.39 is 76.6 Å². The Morgan fingerprint density at radius 2 is 1.95 bits per heavy atom. The number of phenolic OH excluding ortho intramolecular Hbond substituents is 1. The fraction of sp³-hybridized carbons (Fsp3) is 0.419. The standard InChI is InChI=1S/C31H33F2N3O8/c1-36(2)24-19-10-15-9-18-17(14-5-7-20(44-3)35-12-14)8-13(4-6-16(33)11-32)25(37)22(18)26(38)21(15)28(40)31(19,43)29(41)23(27(24)39)30(34)42/h5,7-8,12,15-16,19,24,37-38,41,43H,4,6,9-11H2,1-3H3,(H2,34,42). The zero-order valence-electron chi connectivity index (χ0n) is 24.3. The topological polar surface area (TPSA) is 184 Å². The highest BCUT2D eigenvalue weighted by atomic mass is 19.2. The molecular formula is C31H33F2N3O8. The molecule has 0 spiro atoms. The summed E-state index contributed by atoms with van der Waals surface area (Å²) in [5.74, 6) is -7.30. The van der Waals surface area contributed by atoms with E-state index >= 15 is 0 Å². The van der Waals surface area contributed by atoms with E-state index in [0.717, 1.165) is 0 Å². The van der Waals surface area contributed by atoms with Crippen LogP contribution in [0.5, 0.6) is 11.6 Å². The molecule has 1 heterocycles. The van der Waals surface area contributed by atoms with Gasteiger partial charge < -0.3 is 30.9 Å². The average Bonchev–Trinajstić information content (AvgIpc) is 2.98. The van der Waals surface area contributed by atoms with Crippen molar-refractivity contribution in [2.24, 2.45) is 17.6 Å². The SMILES string of the molecule is COc1ccc(-c2cc(CCC(F)CF)c(O)c3c2CC2CC4C(N(C)C)C(=O)C(C(N)=O)=C(O)C4(O)C(=O)C2=C3O)cn1. The number of aliphatic hydroxyl groups is 3. The summed E-state index contributed by atoms with van der Waals surface area (Å²) in [4.78, 5) is 45.3. The molecule has 2 aromatic rings. The van der Waals surface area contributed by atoms with Gasteiger partial charge in [-0.25, -0.2) is 13.8 Å². The number of aromatic nitrogens is 1. The van der Waals surface area contributed by atoms with E-state index in [0.29, 0.717) is 22.6 Å². The number of hydrogen-bond donors (Lipinski definition) is 5. The molecule has 234 valence electrons. The van der Waals surface area contributed by atoms with Gasteiger partial charge in [-0.1, -0.05) is 0 Å². The van der Waals surface area contributed by atoms with Crippen LogP contribution >= 0.6 is 0 Å². The highest BCUT2D eigenvalue weighted by molar-refractivity contribution is 6.24. The fourth-order valence-electron chi connectivity index (χ4n) is 6.87. The molecule has 44 heavy (non-hydrogen) atoms. The van der Waals surface area contributed by atoms with Crippen LogP contribution in [0.1, 0.15) is 29.5 Å². The number of fused-ring (bicyclic) bond motifs is 3. The van der Waals surface area contributed by atoms with Crippen molar-refractivity contribution in [1.82, 2.24) is 9.88 Å².